The van der Waals surface area contributed by atoms with Crippen molar-refractivity contribution in [3.8, 4) is 22.3 Å². The molecule has 4 aliphatic carbocycles. The Morgan fingerprint density at radius 3 is 1.36 bits per heavy atom. The summed E-state index contributed by atoms with van der Waals surface area (Å²) in [7, 11) is 0. The molecule has 4 aliphatic rings. The molecule has 0 radical (unpaired) electrons. The molecule has 0 N–H and O–H groups in total. The van der Waals surface area contributed by atoms with Crippen LogP contribution in [0, 0.1) is 0 Å². The second-order valence-corrected chi connectivity index (χ2v) is 24.8. The molecular formula is C90H72N4. The summed E-state index contributed by atoms with van der Waals surface area (Å²) in [5.74, 6) is 0. The molecule has 0 heterocycles. The van der Waals surface area contributed by atoms with Crippen molar-refractivity contribution in [2.45, 2.75) is 50.6 Å². The fourth-order valence-corrected chi connectivity index (χ4v) is 14.7. The first-order valence-corrected chi connectivity index (χ1v) is 33.3. The molecule has 0 saturated carbocycles. The maximum Gasteiger partial charge on any atom is 0.0560 e. The summed E-state index contributed by atoms with van der Waals surface area (Å²) < 4.78 is 0. The van der Waals surface area contributed by atoms with E-state index in [0.29, 0.717) is 0 Å². The first-order chi connectivity index (χ1) is 46.7. The van der Waals surface area contributed by atoms with Crippen LogP contribution in [0.2, 0.25) is 0 Å². The molecule has 0 amide bonds. The van der Waals surface area contributed by atoms with Gasteiger partial charge in [-0.15, -0.1) is 0 Å². The van der Waals surface area contributed by atoms with Crippen LogP contribution in [0.15, 0.2) is 358 Å². The minimum atomic E-state index is 0.0873. The monoisotopic (exact) mass is 1210 g/mol. The standard InChI is InChI=1S/C90H72N4/c1-10-28-66(29-11-1)84-64-85(67-48-55-79(56-49-67)92(72-34-16-4-17-35-72)73-36-18-5-19-37-73)89-82-60-52-69(65-46-53-78(54-47-65)91(70-30-12-2-13-31-70)71-32-14-3-15-33-71)62-86(82)87-63-81(94(76-42-24-8-25-43-76)77-44-26-9-27-45-77)59-61-83(87)90(89)88(84)68-50-57-80(58-51-68)93(74-38-20-6-21-39-74)75-40-22-7-23-41-75/h2-10,12-18,20-34,36,38-57,59-64,72,80H,1,11,19,35,37,58H2. The number of rotatable bonds is 16. The minimum absolute atomic E-state index is 0.0873. The molecule has 12 aromatic carbocycles. The third-order valence-electron chi connectivity index (χ3n) is 19.1. The van der Waals surface area contributed by atoms with Crippen molar-refractivity contribution in [2.75, 3.05) is 19.6 Å². The van der Waals surface area contributed by atoms with Gasteiger partial charge in [0.15, 0.2) is 0 Å². The Bertz CT molecular complexity index is 4870. The molecule has 4 heteroatoms. The van der Waals surface area contributed by atoms with E-state index in [9.17, 15) is 0 Å². The predicted octanol–water partition coefficient (Wildman–Crippen LogP) is 24.6. The van der Waals surface area contributed by atoms with E-state index in [1.54, 1.807) is 0 Å². The van der Waals surface area contributed by atoms with E-state index in [2.05, 4.69) is 372 Å². The van der Waals surface area contributed by atoms with Gasteiger partial charge in [-0.05, 0) is 243 Å². The quantitative estimate of drug-likeness (QED) is 0.0894. The van der Waals surface area contributed by atoms with E-state index in [4.69, 9.17) is 0 Å². The summed E-state index contributed by atoms with van der Waals surface area (Å²) >= 11 is 0. The van der Waals surface area contributed by atoms with Gasteiger partial charge in [0.25, 0.3) is 0 Å². The summed E-state index contributed by atoms with van der Waals surface area (Å²) in [4.78, 5) is 9.81. The van der Waals surface area contributed by atoms with Gasteiger partial charge < -0.3 is 19.6 Å². The highest BCUT2D eigenvalue weighted by Crippen LogP contribution is 2.51. The lowest BCUT2D eigenvalue weighted by Gasteiger charge is -2.35. The van der Waals surface area contributed by atoms with Crippen molar-refractivity contribution >= 4 is 94.7 Å². The lowest BCUT2D eigenvalue weighted by molar-refractivity contribution is 0.720. The topological polar surface area (TPSA) is 13.0 Å². The number of para-hydroxylation sites is 6. The average molecular weight is 1210 g/mol. The SMILES string of the molecule is C1=CCCC(N(c2ccc(-c3cc(C4=CCCC=C4)c(C4=CCC(N(c5ccccc5)c5ccccc5)C=C4)c4c5ccc(N(c6ccccc6)c6ccccc6)cc5c5cc(-c6ccc(N(c7ccccc7)c7ccccc7)cc6)ccc5c34)cc2)C2C=CC=CC2)=C1. The van der Waals surface area contributed by atoms with Gasteiger partial charge in [-0.3, -0.25) is 0 Å². The zero-order chi connectivity index (χ0) is 62.6. The normalized spacial score (nSPS) is 15.8. The van der Waals surface area contributed by atoms with Crippen LogP contribution in [0.4, 0.5) is 51.2 Å². The van der Waals surface area contributed by atoms with Gasteiger partial charge in [0.2, 0.25) is 0 Å². The van der Waals surface area contributed by atoms with Crippen LogP contribution in [0.3, 0.4) is 0 Å². The number of hydrogen-bond donors (Lipinski definition) is 0. The first-order valence-electron chi connectivity index (χ1n) is 33.3. The molecule has 12 aromatic rings. The molecule has 4 nitrogen and oxygen atoms in total. The molecule has 0 aromatic heterocycles. The number of hydrogen-bond acceptors (Lipinski definition) is 4. The van der Waals surface area contributed by atoms with Gasteiger partial charge in [-0.2, -0.15) is 0 Å². The summed E-state index contributed by atoms with van der Waals surface area (Å²) in [6, 6.07) is 101. The first kappa shape index (κ1) is 57.7. The Morgan fingerprint density at radius 1 is 0.298 bits per heavy atom. The number of allylic oxidation sites excluding steroid dienone is 12. The van der Waals surface area contributed by atoms with Crippen LogP contribution in [0.1, 0.15) is 49.7 Å². The lowest BCUT2D eigenvalue weighted by Crippen LogP contribution is -2.33. The van der Waals surface area contributed by atoms with Crippen LogP contribution < -0.4 is 19.6 Å². The Kier molecular flexibility index (Phi) is 16.0. The largest absolute Gasteiger partial charge is 0.338 e. The molecule has 0 fully saturated rings. The minimum Gasteiger partial charge on any atom is -0.338 e. The average Bonchev–Trinajstić information content (AvgIpc) is 0.716. The Labute approximate surface area is 552 Å². The zero-order valence-corrected chi connectivity index (χ0v) is 52.7. The highest BCUT2D eigenvalue weighted by Gasteiger charge is 2.28. The van der Waals surface area contributed by atoms with Gasteiger partial charge in [0, 0.05) is 56.9 Å². The van der Waals surface area contributed by atoms with Gasteiger partial charge in [-0.1, -0.05) is 225 Å². The third kappa shape index (κ3) is 11.3. The third-order valence-corrected chi connectivity index (χ3v) is 19.1. The van der Waals surface area contributed by atoms with Gasteiger partial charge in [-0.25, -0.2) is 0 Å². The molecule has 0 aliphatic heterocycles. The Morgan fingerprint density at radius 2 is 0.809 bits per heavy atom. The van der Waals surface area contributed by atoms with Gasteiger partial charge in [0.05, 0.1) is 12.1 Å². The van der Waals surface area contributed by atoms with Crippen molar-refractivity contribution in [1.29, 1.82) is 0 Å². The van der Waals surface area contributed by atoms with Gasteiger partial charge in [0.1, 0.15) is 0 Å². The van der Waals surface area contributed by atoms with E-state index in [-0.39, 0.29) is 12.1 Å². The molecule has 452 valence electrons. The van der Waals surface area contributed by atoms with E-state index >= 15 is 0 Å². The molecule has 2 atom stereocenters. The number of fused-ring (bicyclic) bond motifs is 6. The highest BCUT2D eigenvalue weighted by molar-refractivity contribution is 6.32. The number of nitrogens with zero attached hydrogens (tertiary/aromatic N) is 4. The number of anilines is 9. The van der Waals surface area contributed by atoms with Crippen LogP contribution in [-0.4, -0.2) is 12.1 Å². The maximum atomic E-state index is 2.58. The van der Waals surface area contributed by atoms with E-state index in [0.717, 1.165) is 83.8 Å². The van der Waals surface area contributed by atoms with Crippen molar-refractivity contribution in [3.63, 3.8) is 0 Å². The molecular weight excluding hydrogens is 1140 g/mol. The fourth-order valence-electron chi connectivity index (χ4n) is 14.7. The van der Waals surface area contributed by atoms with Crippen LogP contribution >= 0.6 is 0 Å². The molecule has 0 spiro atoms. The lowest BCUT2D eigenvalue weighted by atomic mass is 9.79. The van der Waals surface area contributed by atoms with Crippen molar-refractivity contribution in [2.24, 2.45) is 0 Å². The number of benzene rings is 12. The second-order valence-electron chi connectivity index (χ2n) is 24.8. The summed E-state index contributed by atoms with van der Waals surface area (Å²) in [6.45, 7) is 0. The molecule has 2 unspecified atom stereocenters. The second kappa shape index (κ2) is 26.0. The van der Waals surface area contributed by atoms with Crippen molar-refractivity contribution in [1.82, 2.24) is 0 Å². The summed E-state index contributed by atoms with van der Waals surface area (Å²) in [5.41, 5.74) is 21.2. The fraction of sp³-hybridized carbons (Fsp3) is 0.0889. The van der Waals surface area contributed by atoms with Crippen LogP contribution in [0.25, 0.3) is 65.7 Å². The van der Waals surface area contributed by atoms with E-state index < -0.39 is 0 Å². The van der Waals surface area contributed by atoms with Crippen LogP contribution in [0.5, 0.6) is 0 Å². The van der Waals surface area contributed by atoms with Crippen molar-refractivity contribution in [3.05, 3.63) is 369 Å². The Balaban J connectivity index is 0.953. The maximum absolute atomic E-state index is 2.58. The smallest absolute Gasteiger partial charge is 0.0560 e. The molecule has 16 rings (SSSR count). The van der Waals surface area contributed by atoms with Gasteiger partial charge >= 0.3 is 0 Å². The molecule has 94 heavy (non-hydrogen) atoms. The predicted molar refractivity (Wildman–Crippen MR) is 402 cm³/mol. The van der Waals surface area contributed by atoms with E-state index in [1.165, 1.54) is 88.5 Å². The zero-order valence-electron chi connectivity index (χ0n) is 52.7. The molecule has 0 saturated heterocycles. The summed E-state index contributed by atoms with van der Waals surface area (Å²) in [6.07, 6.45) is 36.4. The van der Waals surface area contributed by atoms with E-state index in [1.807, 2.05) is 0 Å². The molecule has 0 bridgehead atoms. The van der Waals surface area contributed by atoms with Crippen molar-refractivity contribution < 1.29 is 0 Å². The Hall–Kier alpha value is -11.5. The highest BCUT2D eigenvalue weighted by atomic mass is 15.2. The van der Waals surface area contributed by atoms with Crippen LogP contribution in [-0.2, 0) is 0 Å². The summed E-state index contributed by atoms with van der Waals surface area (Å²) in [5, 5.41) is 7.32.